The second kappa shape index (κ2) is 11.3. The lowest BCUT2D eigenvalue weighted by molar-refractivity contribution is -0.116. The first-order valence-corrected chi connectivity index (χ1v) is 11.9. The Balaban J connectivity index is 0.00000272. The van der Waals surface area contributed by atoms with Gasteiger partial charge in [-0.3, -0.25) is 9.69 Å². The van der Waals surface area contributed by atoms with Crippen molar-refractivity contribution >= 4 is 56.8 Å². The summed E-state index contributed by atoms with van der Waals surface area (Å²) in [6, 6.07) is 16.4. The number of aryl methyl sites for hydroxylation is 2. The van der Waals surface area contributed by atoms with Crippen molar-refractivity contribution in [2.24, 2.45) is 0 Å². The number of carbonyl (C=O) groups is 1. The number of halogens is 1. The molecule has 0 spiro atoms. The Morgan fingerprint density at radius 1 is 1.19 bits per heavy atom. The summed E-state index contributed by atoms with van der Waals surface area (Å²) in [5, 5.41) is 0.780. The maximum absolute atomic E-state index is 13.2. The van der Waals surface area contributed by atoms with Crippen LogP contribution < -0.4 is 4.90 Å². The normalized spacial score (nSPS) is 10.7. The van der Waals surface area contributed by atoms with Gasteiger partial charge in [-0.15, -0.1) is 24.2 Å². The number of hydrogen-bond acceptors (Lipinski definition) is 5. The number of imidazole rings is 1. The average molecular weight is 473 g/mol. The lowest BCUT2D eigenvalue weighted by Crippen LogP contribution is -2.33. The minimum atomic E-state index is 0. The average Bonchev–Trinajstić information content (AvgIpc) is 3.44. The zero-order valence-electron chi connectivity index (χ0n) is 17.3. The number of aromatic nitrogens is 3. The monoisotopic (exact) mass is 472 g/mol. The fourth-order valence-corrected chi connectivity index (χ4v) is 5.06. The molecule has 0 fully saturated rings. The van der Waals surface area contributed by atoms with Gasteiger partial charge >= 0.3 is 0 Å². The number of thiazole rings is 1. The summed E-state index contributed by atoms with van der Waals surface area (Å²) < 4.78 is 3.17. The van der Waals surface area contributed by atoms with Gasteiger partial charge in [0, 0.05) is 30.4 Å². The third-order valence-corrected chi connectivity index (χ3v) is 6.88. The Labute approximate surface area is 196 Å². The number of rotatable bonds is 9. The SMILES string of the molecule is CCc1ccc2nc(N(CCCn3ccnc3)C(=O)CSc3ccccc3)sc2c1.Cl. The largest absolute Gasteiger partial charge is 0.337 e. The van der Waals surface area contributed by atoms with Crippen LogP contribution in [0, 0.1) is 0 Å². The molecule has 0 N–H and O–H groups in total. The highest BCUT2D eigenvalue weighted by Crippen LogP contribution is 2.31. The van der Waals surface area contributed by atoms with Gasteiger partial charge in [0.05, 0.1) is 22.3 Å². The van der Waals surface area contributed by atoms with Crippen molar-refractivity contribution < 1.29 is 4.79 Å². The molecule has 4 aromatic rings. The molecule has 0 atom stereocenters. The molecule has 0 saturated heterocycles. The van der Waals surface area contributed by atoms with Crippen LogP contribution in [0.3, 0.4) is 0 Å². The van der Waals surface area contributed by atoms with Crippen molar-refractivity contribution in [2.75, 3.05) is 17.2 Å². The maximum atomic E-state index is 13.2. The molecular formula is C23H25ClN4OS2. The molecule has 0 bridgehead atoms. The number of fused-ring (bicyclic) bond motifs is 1. The Morgan fingerprint density at radius 3 is 2.77 bits per heavy atom. The number of hydrogen-bond donors (Lipinski definition) is 0. The van der Waals surface area contributed by atoms with E-state index in [9.17, 15) is 4.79 Å². The zero-order valence-corrected chi connectivity index (χ0v) is 19.8. The molecule has 0 unspecified atom stereocenters. The second-order valence-electron chi connectivity index (χ2n) is 6.95. The summed E-state index contributed by atoms with van der Waals surface area (Å²) in [7, 11) is 0. The quantitative estimate of drug-likeness (QED) is 0.293. The first-order valence-electron chi connectivity index (χ1n) is 10.1. The van der Waals surface area contributed by atoms with Crippen molar-refractivity contribution in [1.29, 1.82) is 0 Å². The van der Waals surface area contributed by atoms with Gasteiger partial charge in [0.1, 0.15) is 0 Å². The smallest absolute Gasteiger partial charge is 0.239 e. The van der Waals surface area contributed by atoms with Crippen LogP contribution in [0.4, 0.5) is 5.13 Å². The molecule has 8 heteroatoms. The summed E-state index contributed by atoms with van der Waals surface area (Å²) in [6.07, 6.45) is 7.36. The molecule has 0 saturated carbocycles. The molecule has 2 aromatic heterocycles. The summed E-state index contributed by atoms with van der Waals surface area (Å²) in [5.74, 6) is 0.481. The molecular weight excluding hydrogens is 448 g/mol. The fraction of sp³-hybridized carbons (Fsp3) is 0.261. The van der Waals surface area contributed by atoms with Crippen LogP contribution in [0.25, 0.3) is 10.2 Å². The summed E-state index contributed by atoms with van der Waals surface area (Å²) in [6.45, 7) is 3.60. The third-order valence-electron chi connectivity index (χ3n) is 4.84. The first-order chi connectivity index (χ1) is 14.7. The molecule has 0 aliphatic heterocycles. The van der Waals surface area contributed by atoms with Gasteiger partial charge in [-0.05, 0) is 42.7 Å². The maximum Gasteiger partial charge on any atom is 0.239 e. The van der Waals surface area contributed by atoms with Gasteiger partial charge in [0.2, 0.25) is 5.91 Å². The van der Waals surface area contributed by atoms with Crippen LogP contribution in [-0.2, 0) is 17.8 Å². The second-order valence-corrected chi connectivity index (χ2v) is 9.01. The highest BCUT2D eigenvalue weighted by atomic mass is 35.5. The van der Waals surface area contributed by atoms with Crippen molar-refractivity contribution in [1.82, 2.24) is 14.5 Å². The van der Waals surface area contributed by atoms with E-state index in [2.05, 4.69) is 30.1 Å². The molecule has 0 aliphatic carbocycles. The molecule has 0 aliphatic rings. The third kappa shape index (κ3) is 6.09. The number of thioether (sulfide) groups is 1. The highest BCUT2D eigenvalue weighted by molar-refractivity contribution is 8.00. The van der Waals surface area contributed by atoms with Gasteiger partial charge in [-0.1, -0.05) is 42.5 Å². The Kier molecular flexibility index (Phi) is 8.51. The predicted octanol–water partition coefficient (Wildman–Crippen LogP) is 5.69. The van der Waals surface area contributed by atoms with E-state index in [1.165, 1.54) is 5.56 Å². The molecule has 1 amide bonds. The Hall–Kier alpha value is -2.35. The van der Waals surface area contributed by atoms with Crippen molar-refractivity contribution in [3.8, 4) is 0 Å². The number of carbonyl (C=O) groups excluding carboxylic acids is 1. The number of amides is 1. The van der Waals surface area contributed by atoms with Crippen LogP contribution in [0.5, 0.6) is 0 Å². The highest BCUT2D eigenvalue weighted by Gasteiger charge is 2.20. The number of benzene rings is 2. The van der Waals surface area contributed by atoms with Crippen LogP contribution in [0.15, 0.2) is 72.1 Å². The predicted molar refractivity (Wildman–Crippen MR) is 133 cm³/mol. The van der Waals surface area contributed by atoms with E-state index in [1.807, 2.05) is 46.0 Å². The van der Waals surface area contributed by atoms with E-state index < -0.39 is 0 Å². The molecule has 5 nitrogen and oxygen atoms in total. The van der Waals surface area contributed by atoms with E-state index in [-0.39, 0.29) is 18.3 Å². The number of anilines is 1. The van der Waals surface area contributed by atoms with Crippen LogP contribution >= 0.6 is 35.5 Å². The molecule has 0 radical (unpaired) electrons. The van der Waals surface area contributed by atoms with Gasteiger partial charge in [0.15, 0.2) is 5.13 Å². The fourth-order valence-electron chi connectivity index (χ4n) is 3.19. The first kappa shape index (κ1) is 23.3. The van der Waals surface area contributed by atoms with Gasteiger partial charge in [-0.2, -0.15) is 0 Å². The lowest BCUT2D eigenvalue weighted by atomic mass is 10.2. The van der Waals surface area contributed by atoms with Gasteiger partial charge in [0.25, 0.3) is 0 Å². The minimum Gasteiger partial charge on any atom is -0.337 e. The van der Waals surface area contributed by atoms with E-state index >= 15 is 0 Å². The van der Waals surface area contributed by atoms with Crippen molar-refractivity contribution in [2.45, 2.75) is 31.2 Å². The standard InChI is InChI=1S/C23H24N4OS2.ClH/c1-2-18-9-10-20-21(15-18)30-23(25-20)27(13-6-12-26-14-11-24-17-26)22(28)16-29-19-7-4-3-5-8-19;/h3-5,7-11,14-15,17H,2,6,12-13,16H2,1H3;1H. The van der Waals surface area contributed by atoms with E-state index in [0.717, 1.165) is 39.6 Å². The minimum absolute atomic E-state index is 0. The van der Waals surface area contributed by atoms with Gasteiger partial charge < -0.3 is 4.57 Å². The van der Waals surface area contributed by atoms with E-state index in [4.69, 9.17) is 4.98 Å². The molecule has 31 heavy (non-hydrogen) atoms. The molecule has 162 valence electrons. The summed E-state index contributed by atoms with van der Waals surface area (Å²) in [4.78, 5) is 25.0. The summed E-state index contributed by atoms with van der Waals surface area (Å²) >= 11 is 3.16. The molecule has 4 rings (SSSR count). The van der Waals surface area contributed by atoms with Gasteiger partial charge in [-0.25, -0.2) is 9.97 Å². The van der Waals surface area contributed by atoms with E-state index in [1.54, 1.807) is 35.6 Å². The van der Waals surface area contributed by atoms with Crippen LogP contribution in [0.2, 0.25) is 0 Å². The lowest BCUT2D eigenvalue weighted by Gasteiger charge is -2.20. The van der Waals surface area contributed by atoms with E-state index in [0.29, 0.717) is 12.3 Å². The topological polar surface area (TPSA) is 51.0 Å². The zero-order chi connectivity index (χ0) is 20.8. The summed E-state index contributed by atoms with van der Waals surface area (Å²) in [5.41, 5.74) is 2.24. The molecule has 2 heterocycles. The van der Waals surface area contributed by atoms with Crippen molar-refractivity contribution in [3.05, 3.63) is 72.8 Å². The Morgan fingerprint density at radius 2 is 2.03 bits per heavy atom. The van der Waals surface area contributed by atoms with Crippen LogP contribution in [0.1, 0.15) is 18.9 Å². The number of nitrogens with zero attached hydrogens (tertiary/aromatic N) is 4. The molecule has 2 aromatic carbocycles. The van der Waals surface area contributed by atoms with Crippen LogP contribution in [-0.4, -0.2) is 32.7 Å². The van der Waals surface area contributed by atoms with Crippen molar-refractivity contribution in [3.63, 3.8) is 0 Å². The Bertz CT molecular complexity index is 1100.